The van der Waals surface area contributed by atoms with Crippen LogP contribution in [0.5, 0.6) is 0 Å². The van der Waals surface area contributed by atoms with E-state index in [0.29, 0.717) is 6.61 Å². The van der Waals surface area contributed by atoms with Gasteiger partial charge in [-0.2, -0.15) is 10.5 Å². The average Bonchev–Trinajstić information content (AvgIpc) is 3.14. The monoisotopic (exact) mass is 723 g/mol. The van der Waals surface area contributed by atoms with Gasteiger partial charge in [0.15, 0.2) is 0 Å². The topological polar surface area (TPSA) is 217 Å². The molecule has 0 aromatic heterocycles. The van der Waals surface area contributed by atoms with E-state index in [9.17, 15) is 9.59 Å². The number of nitriles is 2. The smallest absolute Gasteiger partial charge is 0.286 e. The molecule has 12 nitrogen and oxygen atoms in total. The maximum absolute atomic E-state index is 10.2. The van der Waals surface area contributed by atoms with E-state index in [2.05, 4.69) is 16.9 Å². The van der Waals surface area contributed by atoms with Crippen LogP contribution in [0.4, 0.5) is 0 Å². The summed E-state index contributed by atoms with van der Waals surface area (Å²) in [6.07, 6.45) is 32.6. The molecule has 51 heavy (non-hydrogen) atoms. The highest BCUT2D eigenvalue weighted by Crippen LogP contribution is 2.37. The summed E-state index contributed by atoms with van der Waals surface area (Å²) >= 11 is 0. The molecule has 0 unspecified atom stereocenters. The predicted molar refractivity (Wildman–Crippen MR) is 198 cm³/mol. The Morgan fingerprint density at radius 3 is 1.08 bits per heavy atom. The Bertz CT molecular complexity index is 911. The number of rotatable bonds is 14. The van der Waals surface area contributed by atoms with Crippen molar-refractivity contribution in [3.63, 3.8) is 0 Å². The Balaban J connectivity index is 0. The number of aliphatic hydroxyl groups excluding tert-OH is 3. The molecular weight excluding hydrogens is 652 g/mol. The molecule has 0 saturated heterocycles. The number of isocyanates is 2. The first-order valence-corrected chi connectivity index (χ1v) is 19.5. The van der Waals surface area contributed by atoms with E-state index in [-0.39, 0.29) is 44.4 Å². The Morgan fingerprint density at radius 1 is 0.549 bits per heavy atom. The van der Waals surface area contributed by atoms with E-state index in [1.807, 2.05) is 12.5 Å². The molecule has 0 aliphatic heterocycles. The molecule has 0 radical (unpaired) electrons. The van der Waals surface area contributed by atoms with Crippen LogP contribution < -0.4 is 0 Å². The van der Waals surface area contributed by atoms with Crippen LogP contribution >= 0.6 is 0 Å². The zero-order chi connectivity index (χ0) is 36.7. The lowest BCUT2D eigenvalue weighted by atomic mass is 9.76. The molecule has 4 saturated carbocycles. The maximum Gasteiger partial charge on any atom is 0.286 e. The van der Waals surface area contributed by atoms with Crippen molar-refractivity contribution in [3.8, 4) is 12.5 Å². The van der Waals surface area contributed by atoms with E-state index in [4.69, 9.17) is 35.3 Å². The fourth-order valence-electron chi connectivity index (χ4n) is 7.82. The minimum Gasteiger partial charge on any atom is -0.424 e. The highest BCUT2D eigenvalue weighted by atomic mass is 16.5. The fourth-order valence-corrected chi connectivity index (χ4v) is 7.82. The maximum atomic E-state index is 10.2. The minimum atomic E-state index is 0. The van der Waals surface area contributed by atoms with Gasteiger partial charge in [0.25, 0.3) is 12.5 Å². The molecule has 0 heterocycles. The third-order valence-electron chi connectivity index (χ3n) is 10.8. The number of unbranched alkanes of at least 4 members (excludes halogenated alkanes) is 3. The van der Waals surface area contributed by atoms with Crippen molar-refractivity contribution in [1.29, 1.82) is 10.5 Å². The van der Waals surface area contributed by atoms with E-state index in [0.717, 1.165) is 101 Å². The molecule has 0 aromatic carbocycles. The molecule has 4 rings (SSSR count). The lowest BCUT2D eigenvalue weighted by Crippen LogP contribution is -2.24. The Kier molecular flexibility index (Phi) is 31.2. The summed E-state index contributed by atoms with van der Waals surface area (Å²) in [7, 11) is 0. The van der Waals surface area contributed by atoms with Crippen molar-refractivity contribution in [1.82, 2.24) is 0 Å². The summed E-state index contributed by atoms with van der Waals surface area (Å²) in [6, 6.07) is 0.460. The molecule has 4 aliphatic carbocycles. The second-order valence-electron chi connectivity index (χ2n) is 14.6. The number of ether oxygens (including phenoxy) is 2. The number of nitrogens with zero attached hydrogens (tertiary/aromatic N) is 4. The first kappa shape index (κ1) is 48.2. The van der Waals surface area contributed by atoms with E-state index in [1.165, 1.54) is 70.6 Å². The summed E-state index contributed by atoms with van der Waals surface area (Å²) in [6.45, 7) is 2.87. The molecular formula is C39H70N4O8. The molecule has 4 aliphatic rings. The van der Waals surface area contributed by atoms with Gasteiger partial charge in [-0.3, -0.25) is 0 Å². The Hall–Kier alpha value is -2.82. The molecule has 12 heteroatoms. The van der Waals surface area contributed by atoms with Gasteiger partial charge in [0.05, 0.1) is 12.1 Å². The zero-order valence-electron chi connectivity index (χ0n) is 31.3. The normalized spacial score (nSPS) is 28.1. The number of hydrogen-bond donors (Lipinski definition) is 3. The van der Waals surface area contributed by atoms with Gasteiger partial charge in [0, 0.05) is 21.2 Å². The van der Waals surface area contributed by atoms with Crippen molar-refractivity contribution in [3.05, 3.63) is 0 Å². The van der Waals surface area contributed by atoms with Crippen LogP contribution in [0, 0.1) is 46.7 Å². The Morgan fingerprint density at radius 2 is 0.843 bits per heavy atom. The molecule has 0 aromatic rings. The third kappa shape index (κ3) is 24.1. The number of aliphatic imine (C=N–C) groups is 2. The highest BCUT2D eigenvalue weighted by Gasteiger charge is 2.28. The number of carbonyl (C=O) groups excluding carboxylic acids is 2. The summed E-state index contributed by atoms with van der Waals surface area (Å²) in [5, 5.41) is 41.4. The van der Waals surface area contributed by atoms with Crippen molar-refractivity contribution in [2.75, 3.05) is 19.8 Å². The summed E-state index contributed by atoms with van der Waals surface area (Å²) < 4.78 is 10.0. The second kappa shape index (κ2) is 33.0. The van der Waals surface area contributed by atoms with Crippen molar-refractivity contribution < 1.29 is 41.3 Å². The van der Waals surface area contributed by atoms with Gasteiger partial charge < -0.3 is 30.3 Å². The van der Waals surface area contributed by atoms with E-state index < -0.39 is 0 Å². The Labute approximate surface area is 308 Å². The van der Waals surface area contributed by atoms with Crippen LogP contribution in [0.15, 0.2) is 9.98 Å². The third-order valence-corrected chi connectivity index (χ3v) is 10.8. The van der Waals surface area contributed by atoms with Crippen LogP contribution in [-0.4, -0.2) is 77.1 Å². The quantitative estimate of drug-likeness (QED) is 0.0727. The SMILES string of the molecule is CCCCCO.N#COC1CCC(CC2CCC(N=C=O)CC2)CC1.N#COC1CCC(CC2CCC(N=C=O)CC2)CC1.O.OCCCCO.[HH]. The average molecular weight is 723 g/mol. The number of aliphatic hydroxyl groups is 3. The predicted octanol–water partition coefficient (Wildman–Crippen LogP) is 7.00. The lowest BCUT2D eigenvalue weighted by molar-refractivity contribution is 0.0914. The second-order valence-corrected chi connectivity index (χ2v) is 14.6. The summed E-state index contributed by atoms with van der Waals surface area (Å²) in [4.78, 5) is 28.1. The van der Waals surface area contributed by atoms with Crippen molar-refractivity contribution >= 4 is 12.2 Å². The molecule has 0 amide bonds. The van der Waals surface area contributed by atoms with Gasteiger partial charge in [0.1, 0.15) is 12.2 Å². The molecule has 294 valence electrons. The van der Waals surface area contributed by atoms with Crippen LogP contribution in [0.25, 0.3) is 0 Å². The van der Waals surface area contributed by atoms with Gasteiger partial charge in [-0.05, 0) is 159 Å². The standard InChI is InChI=1S/2C15H22N2O2.C5H12O.C4H10O2.H2O.H2/c2*16-10-19-15-7-3-13(4-8-15)9-12-1-5-14(6-2-12)17-11-18;1-2-3-4-5-6;5-3-1-2-4-6;;/h2*12-15H,1-9H2;6H,2-5H2,1H3;5-6H,1-4H2;1H2;1H. The van der Waals surface area contributed by atoms with Gasteiger partial charge in [0.2, 0.25) is 12.2 Å². The van der Waals surface area contributed by atoms with Gasteiger partial charge >= 0.3 is 0 Å². The molecule has 5 N–H and O–H groups in total. The molecule has 0 bridgehead atoms. The van der Waals surface area contributed by atoms with Crippen molar-refractivity contribution in [2.45, 2.75) is 179 Å². The number of hydrogen-bond acceptors (Lipinski definition) is 11. The van der Waals surface area contributed by atoms with E-state index >= 15 is 0 Å². The first-order chi connectivity index (χ1) is 24.5. The van der Waals surface area contributed by atoms with Gasteiger partial charge in [-0.15, -0.1) is 0 Å². The largest absolute Gasteiger partial charge is 0.424 e. The molecule has 0 spiro atoms. The fraction of sp³-hybridized carbons (Fsp3) is 0.897. The van der Waals surface area contributed by atoms with Crippen LogP contribution in [0.1, 0.15) is 156 Å². The summed E-state index contributed by atoms with van der Waals surface area (Å²) in [5.41, 5.74) is 0. The minimum absolute atomic E-state index is 0. The summed E-state index contributed by atoms with van der Waals surface area (Å²) in [5.74, 6) is 3.21. The molecule has 4 fully saturated rings. The first-order valence-electron chi connectivity index (χ1n) is 19.5. The molecule has 0 atom stereocenters. The van der Waals surface area contributed by atoms with Gasteiger partial charge in [-0.25, -0.2) is 19.6 Å². The zero-order valence-corrected chi connectivity index (χ0v) is 31.3. The van der Waals surface area contributed by atoms with E-state index in [1.54, 1.807) is 12.2 Å². The van der Waals surface area contributed by atoms with Crippen LogP contribution in [-0.2, 0) is 19.1 Å². The van der Waals surface area contributed by atoms with Crippen LogP contribution in [0.3, 0.4) is 0 Å². The van der Waals surface area contributed by atoms with Gasteiger partial charge in [-0.1, -0.05) is 19.8 Å². The lowest BCUT2D eigenvalue weighted by Gasteiger charge is -2.32. The highest BCUT2D eigenvalue weighted by molar-refractivity contribution is 5.33. The van der Waals surface area contributed by atoms with Crippen molar-refractivity contribution in [2.24, 2.45) is 33.7 Å². The van der Waals surface area contributed by atoms with Crippen LogP contribution in [0.2, 0.25) is 0 Å².